The molecule has 0 radical (unpaired) electrons. The quantitative estimate of drug-likeness (QED) is 0.801. The molecular weight excluding hydrogens is 233 g/mol. The van der Waals surface area contributed by atoms with Crippen LogP contribution in [0.3, 0.4) is 0 Å². The fourth-order valence-corrected chi connectivity index (χ4v) is 1.75. The molecule has 0 unspecified atom stereocenters. The Morgan fingerprint density at radius 1 is 1.44 bits per heavy atom. The lowest BCUT2D eigenvalue weighted by molar-refractivity contribution is 0.432. The highest BCUT2D eigenvalue weighted by Gasteiger charge is 2.04. The molecule has 2 aromatic rings. The summed E-state index contributed by atoms with van der Waals surface area (Å²) in [5.41, 5.74) is 0.622. The number of nitrogens with one attached hydrogen (secondary N) is 1. The van der Waals surface area contributed by atoms with Gasteiger partial charge in [-0.3, -0.25) is 0 Å². The molecule has 2 N–H and O–H groups in total. The molecule has 0 atom stereocenters. The summed E-state index contributed by atoms with van der Waals surface area (Å²) in [6.07, 6.45) is 4.72. The van der Waals surface area contributed by atoms with Crippen LogP contribution in [0.4, 0.5) is 10.1 Å². The highest BCUT2D eigenvalue weighted by molar-refractivity contribution is 5.46. The molecule has 96 valence electrons. The molecule has 0 fully saturated rings. The average molecular weight is 249 g/mol. The van der Waals surface area contributed by atoms with Gasteiger partial charge in [-0.1, -0.05) is 6.92 Å². The van der Waals surface area contributed by atoms with Crippen LogP contribution in [0.2, 0.25) is 0 Å². The molecular formula is C13H16FN3O. The van der Waals surface area contributed by atoms with E-state index in [1.807, 2.05) is 6.20 Å². The van der Waals surface area contributed by atoms with E-state index in [4.69, 9.17) is 5.11 Å². The van der Waals surface area contributed by atoms with Crippen molar-refractivity contribution in [2.45, 2.75) is 26.4 Å². The zero-order valence-corrected chi connectivity index (χ0v) is 10.2. The number of phenols is 1. The van der Waals surface area contributed by atoms with E-state index in [2.05, 4.69) is 21.8 Å². The van der Waals surface area contributed by atoms with Gasteiger partial charge in [-0.2, -0.15) is 0 Å². The standard InChI is InChI=1S/C13H16FN3O/c1-2-6-17-7-5-15-13(17)9-16-10-3-4-12(18)11(14)8-10/h3-5,7-8,16,18H,2,6,9H2,1H3. The van der Waals surface area contributed by atoms with Gasteiger partial charge in [0.15, 0.2) is 11.6 Å². The van der Waals surface area contributed by atoms with E-state index in [-0.39, 0.29) is 5.75 Å². The van der Waals surface area contributed by atoms with Gasteiger partial charge in [-0.25, -0.2) is 9.37 Å². The van der Waals surface area contributed by atoms with Crippen LogP contribution in [0.15, 0.2) is 30.6 Å². The van der Waals surface area contributed by atoms with E-state index in [0.717, 1.165) is 18.8 Å². The predicted molar refractivity (Wildman–Crippen MR) is 67.9 cm³/mol. The molecule has 0 spiro atoms. The van der Waals surface area contributed by atoms with E-state index in [1.54, 1.807) is 12.3 Å². The van der Waals surface area contributed by atoms with Crippen molar-refractivity contribution in [3.8, 4) is 5.75 Å². The van der Waals surface area contributed by atoms with E-state index < -0.39 is 5.82 Å². The maximum Gasteiger partial charge on any atom is 0.166 e. The summed E-state index contributed by atoms with van der Waals surface area (Å²) in [5.74, 6) is -0.0599. The number of halogens is 1. The number of phenolic OH excluding ortho intramolecular Hbond substituents is 1. The molecule has 1 heterocycles. The molecule has 1 aromatic carbocycles. The third-order valence-electron chi connectivity index (χ3n) is 2.66. The summed E-state index contributed by atoms with van der Waals surface area (Å²) in [4.78, 5) is 4.25. The Balaban J connectivity index is 2.02. The first-order chi connectivity index (χ1) is 8.70. The van der Waals surface area contributed by atoms with Crippen molar-refractivity contribution in [1.29, 1.82) is 0 Å². The van der Waals surface area contributed by atoms with E-state index >= 15 is 0 Å². The van der Waals surface area contributed by atoms with Crippen molar-refractivity contribution in [3.05, 3.63) is 42.2 Å². The van der Waals surface area contributed by atoms with Crippen LogP contribution in [-0.2, 0) is 13.1 Å². The Hall–Kier alpha value is -2.04. The molecule has 0 aliphatic rings. The second-order valence-electron chi connectivity index (χ2n) is 4.06. The van der Waals surface area contributed by atoms with Crippen LogP contribution in [0.25, 0.3) is 0 Å². The van der Waals surface area contributed by atoms with Crippen molar-refractivity contribution >= 4 is 5.69 Å². The van der Waals surface area contributed by atoms with E-state index in [0.29, 0.717) is 12.2 Å². The first kappa shape index (κ1) is 12.4. The third kappa shape index (κ3) is 2.80. The maximum absolute atomic E-state index is 13.1. The molecule has 2 rings (SSSR count). The van der Waals surface area contributed by atoms with Crippen molar-refractivity contribution in [2.24, 2.45) is 0 Å². The molecule has 0 amide bonds. The normalized spacial score (nSPS) is 10.6. The van der Waals surface area contributed by atoms with Crippen LogP contribution in [0.5, 0.6) is 5.75 Å². The average Bonchev–Trinajstić information content (AvgIpc) is 2.79. The number of aryl methyl sites for hydroxylation is 1. The lowest BCUT2D eigenvalue weighted by atomic mass is 10.3. The first-order valence-corrected chi connectivity index (χ1v) is 5.93. The molecule has 5 heteroatoms. The van der Waals surface area contributed by atoms with Gasteiger partial charge in [-0.05, 0) is 18.6 Å². The number of hydrogen-bond donors (Lipinski definition) is 2. The minimum absolute atomic E-state index is 0.340. The molecule has 4 nitrogen and oxygen atoms in total. The van der Waals surface area contributed by atoms with Crippen molar-refractivity contribution in [3.63, 3.8) is 0 Å². The topological polar surface area (TPSA) is 50.1 Å². The number of benzene rings is 1. The number of aromatic hydroxyl groups is 1. The number of hydrogen-bond acceptors (Lipinski definition) is 3. The maximum atomic E-state index is 13.1. The van der Waals surface area contributed by atoms with Gasteiger partial charge >= 0.3 is 0 Å². The SMILES string of the molecule is CCCn1ccnc1CNc1ccc(O)c(F)c1. The second kappa shape index (κ2) is 5.53. The summed E-state index contributed by atoms with van der Waals surface area (Å²) < 4.78 is 15.2. The lowest BCUT2D eigenvalue weighted by Gasteiger charge is -2.09. The zero-order valence-electron chi connectivity index (χ0n) is 10.2. The summed E-state index contributed by atoms with van der Waals surface area (Å²) in [6.45, 7) is 3.55. The third-order valence-corrected chi connectivity index (χ3v) is 2.66. The Kier molecular flexibility index (Phi) is 3.82. The largest absolute Gasteiger partial charge is 0.505 e. The minimum Gasteiger partial charge on any atom is -0.505 e. The first-order valence-electron chi connectivity index (χ1n) is 5.93. The molecule has 0 aliphatic carbocycles. The monoisotopic (exact) mass is 249 g/mol. The van der Waals surface area contributed by atoms with Crippen LogP contribution in [-0.4, -0.2) is 14.7 Å². The van der Waals surface area contributed by atoms with Crippen molar-refractivity contribution < 1.29 is 9.50 Å². The Morgan fingerprint density at radius 3 is 3.00 bits per heavy atom. The fourth-order valence-electron chi connectivity index (χ4n) is 1.75. The molecule has 0 aliphatic heterocycles. The smallest absolute Gasteiger partial charge is 0.166 e. The number of imidazole rings is 1. The molecule has 1 aromatic heterocycles. The summed E-state index contributed by atoms with van der Waals surface area (Å²) >= 11 is 0. The lowest BCUT2D eigenvalue weighted by Crippen LogP contribution is -2.08. The number of rotatable bonds is 5. The fraction of sp³-hybridized carbons (Fsp3) is 0.308. The van der Waals surface area contributed by atoms with Gasteiger partial charge in [0.2, 0.25) is 0 Å². The number of anilines is 1. The van der Waals surface area contributed by atoms with E-state index in [1.165, 1.54) is 12.1 Å². The van der Waals surface area contributed by atoms with Crippen molar-refractivity contribution in [1.82, 2.24) is 9.55 Å². The van der Waals surface area contributed by atoms with Crippen molar-refractivity contribution in [2.75, 3.05) is 5.32 Å². The second-order valence-corrected chi connectivity index (χ2v) is 4.06. The number of aromatic nitrogens is 2. The van der Waals surface area contributed by atoms with Gasteiger partial charge < -0.3 is 15.0 Å². The van der Waals surface area contributed by atoms with Crippen LogP contribution < -0.4 is 5.32 Å². The summed E-state index contributed by atoms with van der Waals surface area (Å²) in [7, 11) is 0. The molecule has 0 bridgehead atoms. The Bertz CT molecular complexity index is 525. The van der Waals surface area contributed by atoms with Gasteiger partial charge in [0, 0.05) is 30.7 Å². The molecule has 0 saturated heterocycles. The minimum atomic E-state index is -0.628. The van der Waals surface area contributed by atoms with E-state index in [9.17, 15) is 4.39 Å². The number of nitrogens with zero attached hydrogens (tertiary/aromatic N) is 2. The predicted octanol–water partition coefficient (Wildman–Crippen LogP) is 2.75. The highest BCUT2D eigenvalue weighted by Crippen LogP contribution is 2.19. The van der Waals surface area contributed by atoms with Gasteiger partial charge in [0.25, 0.3) is 0 Å². The summed E-state index contributed by atoms with van der Waals surface area (Å²) in [5, 5.41) is 12.2. The Labute approximate surface area is 105 Å². The molecule has 18 heavy (non-hydrogen) atoms. The highest BCUT2D eigenvalue weighted by atomic mass is 19.1. The summed E-state index contributed by atoms with van der Waals surface area (Å²) in [6, 6.07) is 4.23. The van der Waals surface area contributed by atoms with Crippen LogP contribution >= 0.6 is 0 Å². The van der Waals surface area contributed by atoms with Crippen LogP contribution in [0.1, 0.15) is 19.2 Å². The van der Waals surface area contributed by atoms with Gasteiger partial charge in [0.05, 0.1) is 6.54 Å². The zero-order chi connectivity index (χ0) is 13.0. The molecule has 0 saturated carbocycles. The van der Waals surface area contributed by atoms with Crippen LogP contribution in [0, 0.1) is 5.82 Å². The van der Waals surface area contributed by atoms with Gasteiger partial charge in [0.1, 0.15) is 5.82 Å². The van der Waals surface area contributed by atoms with Gasteiger partial charge in [-0.15, -0.1) is 0 Å². The Morgan fingerprint density at radius 2 is 2.28 bits per heavy atom.